The molecule has 4 rings (SSSR count). The Labute approximate surface area is 178 Å². The molecule has 0 aromatic heterocycles. The summed E-state index contributed by atoms with van der Waals surface area (Å²) in [6.45, 7) is 1.49. The van der Waals surface area contributed by atoms with Gasteiger partial charge in [0, 0.05) is 22.7 Å². The maximum Gasteiger partial charge on any atom is 0.340 e. The van der Waals surface area contributed by atoms with Crippen molar-refractivity contribution >= 4 is 35.0 Å². The minimum Gasteiger partial charge on any atom is -0.449 e. The second-order valence-electron chi connectivity index (χ2n) is 7.59. The molecule has 1 atom stereocenters. The minimum absolute atomic E-state index is 0.0159. The van der Waals surface area contributed by atoms with Crippen LogP contribution in [0.3, 0.4) is 0 Å². The van der Waals surface area contributed by atoms with Crippen molar-refractivity contribution in [3.05, 3.63) is 69.2 Å². The fourth-order valence-electron chi connectivity index (χ4n) is 3.97. The third-order valence-electron chi connectivity index (χ3n) is 5.60. The number of esters is 1. The summed E-state index contributed by atoms with van der Waals surface area (Å²) in [5.74, 6) is -1.95. The van der Waals surface area contributed by atoms with E-state index >= 15 is 0 Å². The third-order valence-corrected chi connectivity index (χ3v) is 6.00. The number of halogens is 1. The summed E-state index contributed by atoms with van der Waals surface area (Å²) in [6.07, 6.45) is 2.96. The second-order valence-corrected chi connectivity index (χ2v) is 7.97. The van der Waals surface area contributed by atoms with Gasteiger partial charge in [-0.05, 0) is 31.9 Å². The number of hydrogen-bond acceptors (Lipinski definition) is 5. The Balaban J connectivity index is 1.57. The highest BCUT2D eigenvalue weighted by atomic mass is 35.5. The van der Waals surface area contributed by atoms with Crippen LogP contribution in [0.4, 0.5) is 0 Å². The SMILES string of the molecule is CC(OC(=O)c1ccc2c(c1Cl)C(=O)c1ccccc1C2=O)C(=O)NC1CCCC1. The molecule has 0 bridgehead atoms. The van der Waals surface area contributed by atoms with E-state index in [1.165, 1.54) is 19.1 Å². The normalized spacial score (nSPS) is 16.6. The highest BCUT2D eigenvalue weighted by molar-refractivity contribution is 6.41. The number of carbonyl (C=O) groups excluding carboxylic acids is 4. The van der Waals surface area contributed by atoms with E-state index in [-0.39, 0.29) is 45.0 Å². The first-order valence-corrected chi connectivity index (χ1v) is 10.3. The molecule has 154 valence electrons. The molecule has 0 saturated heterocycles. The second kappa shape index (κ2) is 8.03. The highest BCUT2D eigenvalue weighted by Gasteiger charge is 2.34. The van der Waals surface area contributed by atoms with Crippen LogP contribution in [0.15, 0.2) is 36.4 Å². The molecule has 1 N–H and O–H groups in total. The van der Waals surface area contributed by atoms with Gasteiger partial charge in [0.2, 0.25) is 0 Å². The largest absolute Gasteiger partial charge is 0.449 e. The fraction of sp³-hybridized carbons (Fsp3) is 0.304. The molecule has 6 nitrogen and oxygen atoms in total. The van der Waals surface area contributed by atoms with Crippen LogP contribution < -0.4 is 5.32 Å². The number of amides is 1. The van der Waals surface area contributed by atoms with Gasteiger partial charge in [-0.25, -0.2) is 4.79 Å². The molecule has 0 spiro atoms. The molecule has 2 aliphatic rings. The van der Waals surface area contributed by atoms with E-state index in [1.807, 2.05) is 0 Å². The number of fused-ring (bicyclic) bond motifs is 2. The maximum atomic E-state index is 12.9. The number of nitrogens with one attached hydrogen (secondary N) is 1. The van der Waals surface area contributed by atoms with E-state index < -0.39 is 17.9 Å². The number of hydrogen-bond donors (Lipinski definition) is 1. The predicted octanol–water partition coefficient (Wildman–Crippen LogP) is 3.72. The molecule has 0 radical (unpaired) electrons. The van der Waals surface area contributed by atoms with E-state index in [2.05, 4.69) is 5.32 Å². The van der Waals surface area contributed by atoms with Gasteiger partial charge < -0.3 is 10.1 Å². The Morgan fingerprint density at radius 1 is 1.00 bits per heavy atom. The van der Waals surface area contributed by atoms with Gasteiger partial charge in [-0.1, -0.05) is 48.7 Å². The lowest BCUT2D eigenvalue weighted by atomic mass is 9.83. The minimum atomic E-state index is -1.01. The summed E-state index contributed by atoms with van der Waals surface area (Å²) >= 11 is 6.37. The molecule has 2 aromatic carbocycles. The van der Waals surface area contributed by atoms with Crippen LogP contribution in [-0.2, 0) is 9.53 Å². The molecule has 30 heavy (non-hydrogen) atoms. The van der Waals surface area contributed by atoms with Gasteiger partial charge in [-0.3, -0.25) is 14.4 Å². The number of ether oxygens (including phenoxy) is 1. The molecule has 2 aromatic rings. The van der Waals surface area contributed by atoms with Crippen molar-refractivity contribution < 1.29 is 23.9 Å². The van der Waals surface area contributed by atoms with Crippen LogP contribution >= 0.6 is 11.6 Å². The van der Waals surface area contributed by atoms with Gasteiger partial charge in [-0.15, -0.1) is 0 Å². The van der Waals surface area contributed by atoms with Gasteiger partial charge in [0.15, 0.2) is 17.7 Å². The molecule has 1 fully saturated rings. The van der Waals surface area contributed by atoms with Crippen LogP contribution in [0, 0.1) is 0 Å². The Kier molecular flexibility index (Phi) is 5.43. The van der Waals surface area contributed by atoms with Gasteiger partial charge in [0.1, 0.15) is 0 Å². The highest BCUT2D eigenvalue weighted by Crippen LogP contribution is 2.34. The van der Waals surface area contributed by atoms with Gasteiger partial charge in [0.05, 0.1) is 16.1 Å². The van der Waals surface area contributed by atoms with Crippen molar-refractivity contribution in [2.75, 3.05) is 0 Å². The van der Waals surface area contributed by atoms with Crippen molar-refractivity contribution in [3.63, 3.8) is 0 Å². The summed E-state index contributed by atoms with van der Waals surface area (Å²) in [5.41, 5.74) is 0.618. The summed E-state index contributed by atoms with van der Waals surface area (Å²) in [7, 11) is 0. The molecule has 1 unspecified atom stereocenters. The predicted molar refractivity (Wildman–Crippen MR) is 110 cm³/mol. The van der Waals surface area contributed by atoms with E-state index in [1.54, 1.807) is 24.3 Å². The lowest BCUT2D eigenvalue weighted by Gasteiger charge is -2.20. The first kappa shape index (κ1) is 20.3. The van der Waals surface area contributed by atoms with E-state index in [0.717, 1.165) is 25.7 Å². The lowest BCUT2D eigenvalue weighted by Crippen LogP contribution is -2.40. The molecule has 2 aliphatic carbocycles. The van der Waals surface area contributed by atoms with Gasteiger partial charge in [0.25, 0.3) is 5.91 Å². The molecular weight excluding hydrogens is 406 g/mol. The monoisotopic (exact) mass is 425 g/mol. The average Bonchev–Trinajstić information content (AvgIpc) is 3.24. The van der Waals surface area contributed by atoms with E-state index in [0.29, 0.717) is 5.56 Å². The standard InChI is InChI=1S/C23H20ClNO5/c1-12(22(28)25-13-6-2-3-7-13)30-23(29)17-11-10-16-18(19(17)24)21(27)15-9-5-4-8-14(15)20(16)26/h4-5,8-13H,2-3,6-7H2,1H3,(H,25,28). The number of rotatable bonds is 4. The van der Waals surface area contributed by atoms with Crippen molar-refractivity contribution in [2.45, 2.75) is 44.8 Å². The summed E-state index contributed by atoms with van der Waals surface area (Å²) in [5, 5.41) is 2.73. The van der Waals surface area contributed by atoms with Crippen molar-refractivity contribution in [2.24, 2.45) is 0 Å². The number of ketones is 2. The van der Waals surface area contributed by atoms with Crippen LogP contribution in [-0.4, -0.2) is 35.6 Å². The zero-order valence-electron chi connectivity index (χ0n) is 16.4. The van der Waals surface area contributed by atoms with E-state index in [4.69, 9.17) is 16.3 Å². The number of benzene rings is 2. The smallest absolute Gasteiger partial charge is 0.340 e. The van der Waals surface area contributed by atoms with Crippen molar-refractivity contribution in [3.8, 4) is 0 Å². The first-order valence-electron chi connectivity index (χ1n) is 9.90. The van der Waals surface area contributed by atoms with Gasteiger partial charge >= 0.3 is 5.97 Å². The van der Waals surface area contributed by atoms with Crippen LogP contribution in [0.1, 0.15) is 74.8 Å². The van der Waals surface area contributed by atoms with E-state index in [9.17, 15) is 19.2 Å². The van der Waals surface area contributed by atoms with Gasteiger partial charge in [-0.2, -0.15) is 0 Å². The quantitative estimate of drug-likeness (QED) is 0.643. The number of carbonyl (C=O) groups is 4. The molecule has 1 amide bonds. The zero-order chi connectivity index (χ0) is 21.4. The zero-order valence-corrected chi connectivity index (χ0v) is 17.1. The van der Waals surface area contributed by atoms with Crippen LogP contribution in [0.2, 0.25) is 5.02 Å². The summed E-state index contributed by atoms with van der Waals surface area (Å²) in [6, 6.07) is 9.33. The Morgan fingerprint density at radius 3 is 2.30 bits per heavy atom. The fourth-order valence-corrected chi connectivity index (χ4v) is 4.30. The molecule has 0 heterocycles. The summed E-state index contributed by atoms with van der Waals surface area (Å²) in [4.78, 5) is 50.6. The maximum absolute atomic E-state index is 12.9. The molecule has 0 aliphatic heterocycles. The van der Waals surface area contributed by atoms with Crippen molar-refractivity contribution in [1.29, 1.82) is 0 Å². The lowest BCUT2D eigenvalue weighted by molar-refractivity contribution is -0.129. The molecule has 1 saturated carbocycles. The Bertz CT molecular complexity index is 1070. The average molecular weight is 426 g/mol. The first-order chi connectivity index (χ1) is 14.4. The van der Waals surface area contributed by atoms with Crippen LogP contribution in [0.25, 0.3) is 0 Å². The Morgan fingerprint density at radius 2 is 1.63 bits per heavy atom. The summed E-state index contributed by atoms with van der Waals surface area (Å²) < 4.78 is 5.28. The molecule has 7 heteroatoms. The van der Waals surface area contributed by atoms with Crippen LogP contribution in [0.5, 0.6) is 0 Å². The Hall–Kier alpha value is -2.99. The molecular formula is C23H20ClNO5. The van der Waals surface area contributed by atoms with Crippen molar-refractivity contribution in [1.82, 2.24) is 5.32 Å². The third kappa shape index (κ3) is 3.52. The topological polar surface area (TPSA) is 89.5 Å².